The van der Waals surface area contributed by atoms with Gasteiger partial charge in [-0.25, -0.2) is 0 Å². The molecule has 0 aliphatic rings. The lowest BCUT2D eigenvalue weighted by Crippen LogP contribution is -2.23. The number of nitrogens with zero attached hydrogens (tertiary/aromatic N) is 1. The van der Waals surface area contributed by atoms with E-state index in [1.165, 1.54) is 11.3 Å². The number of benzene rings is 1. The highest BCUT2D eigenvalue weighted by atomic mass is 32.1. The van der Waals surface area contributed by atoms with E-state index in [0.717, 1.165) is 29.2 Å². The zero-order valence-electron chi connectivity index (χ0n) is 14.0. The first-order valence-corrected chi connectivity index (χ1v) is 8.33. The molecule has 0 fully saturated rings. The lowest BCUT2D eigenvalue weighted by molar-refractivity contribution is 0.331. The minimum atomic E-state index is -0.0769. The van der Waals surface area contributed by atoms with E-state index in [1.54, 1.807) is 14.2 Å². The van der Waals surface area contributed by atoms with Crippen LogP contribution in [0.3, 0.4) is 0 Å². The second-order valence-corrected chi connectivity index (χ2v) is 6.22. The van der Waals surface area contributed by atoms with Crippen molar-refractivity contribution in [3.63, 3.8) is 0 Å². The minimum absolute atomic E-state index is 0.0769. The summed E-state index contributed by atoms with van der Waals surface area (Å²) in [4.78, 5) is 17.9. The summed E-state index contributed by atoms with van der Waals surface area (Å²) in [5.41, 5.74) is 1.70. The number of ether oxygens (including phenoxy) is 2. The number of nitrogens with one attached hydrogen (secondary N) is 1. The summed E-state index contributed by atoms with van der Waals surface area (Å²) >= 11 is 1.22. The zero-order valence-corrected chi connectivity index (χ0v) is 14.8. The summed E-state index contributed by atoms with van der Waals surface area (Å²) in [7, 11) is 3.19. The molecule has 2 aromatic rings. The monoisotopic (exact) mass is 346 g/mol. The van der Waals surface area contributed by atoms with Crippen molar-refractivity contribution in [3.05, 3.63) is 58.1 Å². The predicted octanol–water partition coefficient (Wildman–Crippen LogP) is 3.29. The molecule has 0 amide bonds. The summed E-state index contributed by atoms with van der Waals surface area (Å²) in [5.74, 6) is 1.28. The van der Waals surface area contributed by atoms with Crippen LogP contribution < -0.4 is 14.3 Å². The first kappa shape index (κ1) is 18.0. The number of aromatic nitrogens is 1. The van der Waals surface area contributed by atoms with E-state index in [2.05, 4.69) is 23.0 Å². The van der Waals surface area contributed by atoms with Crippen LogP contribution in [0.2, 0.25) is 0 Å². The molecule has 0 radical (unpaired) electrons. The van der Waals surface area contributed by atoms with Crippen LogP contribution in [0.25, 0.3) is 11.3 Å². The summed E-state index contributed by atoms with van der Waals surface area (Å²) in [5, 5.41) is 0. The maximum absolute atomic E-state index is 11.9. The number of hydrogen-bond donors (Lipinski definition) is 1. The number of methoxy groups -OCH3 is 2. The third-order valence-electron chi connectivity index (χ3n) is 3.54. The largest absolute Gasteiger partial charge is 0.493 e. The van der Waals surface area contributed by atoms with E-state index in [0.29, 0.717) is 18.0 Å². The second-order valence-electron chi connectivity index (χ2n) is 5.15. The van der Waals surface area contributed by atoms with Gasteiger partial charge in [0.1, 0.15) is 0 Å². The van der Waals surface area contributed by atoms with E-state index in [1.807, 2.05) is 30.4 Å². The van der Waals surface area contributed by atoms with Crippen LogP contribution in [-0.2, 0) is 6.54 Å². The molecule has 1 aromatic heterocycles. The molecule has 0 aliphatic carbocycles. The Kier molecular flexibility index (Phi) is 6.40. The quantitative estimate of drug-likeness (QED) is 0.708. The van der Waals surface area contributed by atoms with Gasteiger partial charge in [0.15, 0.2) is 11.5 Å². The van der Waals surface area contributed by atoms with Crippen molar-refractivity contribution in [2.24, 2.45) is 0 Å². The lowest BCUT2D eigenvalue weighted by atomic mass is 10.1. The van der Waals surface area contributed by atoms with Gasteiger partial charge in [0.2, 0.25) is 0 Å². The smallest absolute Gasteiger partial charge is 0.305 e. The number of rotatable bonds is 9. The van der Waals surface area contributed by atoms with Gasteiger partial charge in [-0.3, -0.25) is 9.69 Å². The van der Waals surface area contributed by atoms with E-state index < -0.39 is 0 Å². The van der Waals surface area contributed by atoms with Crippen LogP contribution in [0.4, 0.5) is 0 Å². The first-order valence-electron chi connectivity index (χ1n) is 7.51. The van der Waals surface area contributed by atoms with Crippen molar-refractivity contribution in [1.82, 2.24) is 9.88 Å². The minimum Gasteiger partial charge on any atom is -0.493 e. The molecule has 0 atom stereocenters. The molecular weight excluding hydrogens is 324 g/mol. The average Bonchev–Trinajstić information content (AvgIpc) is 2.95. The second kappa shape index (κ2) is 8.52. The molecule has 0 aliphatic heterocycles. The molecule has 1 N–H and O–H groups in total. The Bertz CT molecular complexity index is 754. The molecule has 1 aromatic carbocycles. The lowest BCUT2D eigenvalue weighted by Gasteiger charge is -2.18. The first-order chi connectivity index (χ1) is 11.6. The number of thiazole rings is 1. The fraction of sp³-hybridized carbons (Fsp3) is 0.278. The number of H-pyrrole nitrogens is 1. The van der Waals surface area contributed by atoms with E-state index in [9.17, 15) is 4.79 Å². The zero-order chi connectivity index (χ0) is 17.5. The van der Waals surface area contributed by atoms with Crippen molar-refractivity contribution in [2.75, 3.05) is 27.3 Å². The number of aromatic amines is 1. The highest BCUT2D eigenvalue weighted by molar-refractivity contribution is 7.09. The molecule has 1 heterocycles. The summed E-state index contributed by atoms with van der Waals surface area (Å²) < 4.78 is 10.6. The Morgan fingerprint density at radius 3 is 2.42 bits per heavy atom. The van der Waals surface area contributed by atoms with Crippen molar-refractivity contribution < 1.29 is 9.47 Å². The van der Waals surface area contributed by atoms with Gasteiger partial charge in [-0.1, -0.05) is 23.5 Å². The van der Waals surface area contributed by atoms with Crippen LogP contribution in [0, 0.1) is 0 Å². The van der Waals surface area contributed by atoms with Gasteiger partial charge >= 0.3 is 4.87 Å². The fourth-order valence-electron chi connectivity index (χ4n) is 2.47. The average molecular weight is 346 g/mol. The molecule has 24 heavy (non-hydrogen) atoms. The third-order valence-corrected chi connectivity index (χ3v) is 4.40. The van der Waals surface area contributed by atoms with Crippen LogP contribution in [0.15, 0.2) is 48.3 Å². The Morgan fingerprint density at radius 1 is 1.17 bits per heavy atom. The molecule has 0 saturated heterocycles. The number of hydrogen-bond acceptors (Lipinski definition) is 5. The standard InChI is InChI=1S/C18H22N2O3S/c1-5-9-20(10-6-2)12-16-17(19-18(21)24-16)13-7-8-14(22-3)15(11-13)23-4/h5-8,11H,1-2,9-10,12H2,3-4H3,(H,19,21). The van der Waals surface area contributed by atoms with Gasteiger partial charge in [0.05, 0.1) is 19.9 Å². The van der Waals surface area contributed by atoms with Gasteiger partial charge in [-0.2, -0.15) is 0 Å². The molecule has 0 saturated carbocycles. The van der Waals surface area contributed by atoms with Gasteiger partial charge in [-0.05, 0) is 18.2 Å². The van der Waals surface area contributed by atoms with Crippen LogP contribution in [-0.4, -0.2) is 37.2 Å². The fourth-order valence-corrected chi connectivity index (χ4v) is 3.36. The van der Waals surface area contributed by atoms with Crippen molar-refractivity contribution >= 4 is 11.3 Å². The van der Waals surface area contributed by atoms with Crippen molar-refractivity contribution in [3.8, 4) is 22.8 Å². The Labute approximate surface area is 145 Å². The molecule has 0 spiro atoms. The molecular formula is C18H22N2O3S. The summed E-state index contributed by atoms with van der Waals surface area (Å²) in [6.45, 7) is 9.65. The normalized spacial score (nSPS) is 10.6. The molecule has 2 rings (SSSR count). The molecule has 0 bridgehead atoms. The van der Waals surface area contributed by atoms with Crippen molar-refractivity contribution in [2.45, 2.75) is 6.54 Å². The van der Waals surface area contributed by atoms with E-state index >= 15 is 0 Å². The highest BCUT2D eigenvalue weighted by Gasteiger charge is 2.15. The van der Waals surface area contributed by atoms with E-state index in [-0.39, 0.29) is 4.87 Å². The summed E-state index contributed by atoms with van der Waals surface area (Å²) in [6, 6.07) is 5.61. The van der Waals surface area contributed by atoms with E-state index in [4.69, 9.17) is 9.47 Å². The van der Waals surface area contributed by atoms with Gasteiger partial charge in [-0.15, -0.1) is 13.2 Å². The molecule has 128 valence electrons. The molecule has 5 nitrogen and oxygen atoms in total. The topological polar surface area (TPSA) is 54.6 Å². The van der Waals surface area contributed by atoms with Gasteiger partial charge < -0.3 is 14.5 Å². The van der Waals surface area contributed by atoms with Crippen LogP contribution in [0.5, 0.6) is 11.5 Å². The Morgan fingerprint density at radius 2 is 1.83 bits per heavy atom. The van der Waals surface area contributed by atoms with Gasteiger partial charge in [0.25, 0.3) is 0 Å². The molecule has 6 heteroatoms. The SMILES string of the molecule is C=CCN(CC=C)Cc1sc(=O)[nH]c1-c1ccc(OC)c(OC)c1. The highest BCUT2D eigenvalue weighted by Crippen LogP contribution is 2.33. The van der Waals surface area contributed by atoms with Crippen molar-refractivity contribution in [1.29, 1.82) is 0 Å². The maximum atomic E-state index is 11.9. The maximum Gasteiger partial charge on any atom is 0.305 e. The van der Waals surface area contributed by atoms with Crippen LogP contribution in [0.1, 0.15) is 4.88 Å². The predicted molar refractivity (Wildman–Crippen MR) is 99.2 cm³/mol. The third kappa shape index (κ3) is 4.15. The Hall–Kier alpha value is -2.31. The molecule has 0 unspecified atom stereocenters. The van der Waals surface area contributed by atoms with Gasteiger partial charge in [0, 0.05) is 30.1 Å². The van der Waals surface area contributed by atoms with Crippen LogP contribution >= 0.6 is 11.3 Å². The summed E-state index contributed by atoms with van der Waals surface area (Å²) in [6.07, 6.45) is 3.68. The Balaban J connectivity index is 2.39.